The van der Waals surface area contributed by atoms with Crippen molar-refractivity contribution < 1.29 is 9.53 Å². The molecule has 0 saturated carbocycles. The summed E-state index contributed by atoms with van der Waals surface area (Å²) >= 11 is 0. The molecule has 3 aromatic rings. The number of rotatable bonds is 2. The molecule has 1 aliphatic rings. The van der Waals surface area contributed by atoms with Crippen LogP contribution in [0, 0.1) is 18.3 Å². The van der Waals surface area contributed by atoms with Crippen molar-refractivity contribution in [2.24, 2.45) is 0 Å². The average molecular weight is 363 g/mol. The molecule has 138 valence electrons. The minimum absolute atomic E-state index is 0.258. The molecule has 27 heavy (non-hydrogen) atoms. The number of para-hydroxylation sites is 2. The summed E-state index contributed by atoms with van der Waals surface area (Å²) in [5.41, 5.74) is 4.03. The number of hydrogen-bond donors (Lipinski definition) is 0. The Morgan fingerprint density at radius 1 is 1.26 bits per heavy atom. The van der Waals surface area contributed by atoms with Gasteiger partial charge in [0.2, 0.25) is 0 Å². The Kier molecular flexibility index (Phi) is 4.32. The zero-order valence-electron chi connectivity index (χ0n) is 15.5. The van der Waals surface area contributed by atoms with E-state index >= 15 is 0 Å². The molecule has 0 atom stereocenters. The zero-order chi connectivity index (χ0) is 19.0. The highest BCUT2D eigenvalue weighted by molar-refractivity contribution is 5.85. The summed E-state index contributed by atoms with van der Waals surface area (Å²) in [6.45, 7) is 6.75. The van der Waals surface area contributed by atoms with Gasteiger partial charge in [-0.05, 0) is 37.6 Å². The van der Waals surface area contributed by atoms with Gasteiger partial charge in [-0.25, -0.2) is 9.78 Å². The van der Waals surface area contributed by atoms with Crippen molar-refractivity contribution in [2.75, 3.05) is 37.7 Å². The van der Waals surface area contributed by atoms with Crippen LogP contribution >= 0.6 is 0 Å². The number of imidazole rings is 1. The van der Waals surface area contributed by atoms with Crippen LogP contribution in [0.5, 0.6) is 0 Å². The number of nitrogens with zero attached hydrogens (tertiary/aromatic N) is 5. The van der Waals surface area contributed by atoms with Crippen molar-refractivity contribution in [3.05, 3.63) is 41.5 Å². The molecule has 7 nitrogen and oxygen atoms in total. The second-order valence-corrected chi connectivity index (χ2v) is 6.60. The molecule has 0 unspecified atom stereocenters. The summed E-state index contributed by atoms with van der Waals surface area (Å²) in [6.07, 6.45) is -0.258. The number of piperazine rings is 1. The van der Waals surface area contributed by atoms with E-state index in [1.807, 2.05) is 44.2 Å². The largest absolute Gasteiger partial charge is 0.450 e. The quantitative estimate of drug-likeness (QED) is 0.700. The minimum Gasteiger partial charge on any atom is -0.450 e. The van der Waals surface area contributed by atoms with Crippen molar-refractivity contribution >= 4 is 28.6 Å². The number of amides is 1. The number of hydrogen-bond acceptors (Lipinski definition) is 5. The van der Waals surface area contributed by atoms with Gasteiger partial charge in [0.15, 0.2) is 5.65 Å². The lowest BCUT2D eigenvalue weighted by molar-refractivity contribution is 0.105. The van der Waals surface area contributed by atoms with Crippen molar-refractivity contribution in [3.8, 4) is 6.07 Å². The first-order valence-electron chi connectivity index (χ1n) is 9.11. The number of carbonyl (C=O) groups is 1. The number of ether oxygens (including phenoxy) is 1. The van der Waals surface area contributed by atoms with Gasteiger partial charge in [-0.15, -0.1) is 0 Å². The Morgan fingerprint density at radius 2 is 2.00 bits per heavy atom. The van der Waals surface area contributed by atoms with E-state index in [9.17, 15) is 10.1 Å². The molecule has 0 N–H and O–H groups in total. The van der Waals surface area contributed by atoms with Gasteiger partial charge in [-0.3, -0.25) is 4.40 Å². The van der Waals surface area contributed by atoms with E-state index in [4.69, 9.17) is 9.72 Å². The predicted octanol–water partition coefficient (Wildman–Crippen LogP) is 2.95. The summed E-state index contributed by atoms with van der Waals surface area (Å²) in [7, 11) is 0. The summed E-state index contributed by atoms with van der Waals surface area (Å²) in [5.74, 6) is 0.999. The lowest BCUT2D eigenvalue weighted by Gasteiger charge is -2.35. The Hall–Kier alpha value is -3.27. The molecule has 1 amide bonds. The second-order valence-electron chi connectivity index (χ2n) is 6.60. The molecule has 4 rings (SSSR count). The third-order valence-electron chi connectivity index (χ3n) is 4.99. The molecule has 0 radical (unpaired) electrons. The van der Waals surface area contributed by atoms with Crippen LogP contribution in [0.25, 0.3) is 16.7 Å². The van der Waals surface area contributed by atoms with E-state index in [0.29, 0.717) is 44.0 Å². The van der Waals surface area contributed by atoms with Crippen LogP contribution < -0.4 is 4.90 Å². The lowest BCUT2D eigenvalue weighted by atomic mass is 10.1. The fourth-order valence-electron chi connectivity index (χ4n) is 3.64. The van der Waals surface area contributed by atoms with Crippen molar-refractivity contribution in [3.63, 3.8) is 0 Å². The highest BCUT2D eigenvalue weighted by atomic mass is 16.6. The highest BCUT2D eigenvalue weighted by Gasteiger charge is 2.25. The smallest absolute Gasteiger partial charge is 0.409 e. The van der Waals surface area contributed by atoms with E-state index in [2.05, 4.69) is 15.4 Å². The van der Waals surface area contributed by atoms with Crippen LogP contribution in [-0.2, 0) is 4.74 Å². The van der Waals surface area contributed by atoms with Gasteiger partial charge in [-0.1, -0.05) is 12.1 Å². The standard InChI is InChI=1S/C20H21N5O2/c1-3-27-20(26)24-10-8-23(9-11-24)18-12-14(2)15(13-21)19-22-16-6-4-5-7-17(16)25(18)19/h4-7,12H,3,8-11H2,1-2H3. The molecule has 1 aromatic carbocycles. The summed E-state index contributed by atoms with van der Waals surface area (Å²) in [5, 5.41) is 9.61. The number of nitriles is 1. The van der Waals surface area contributed by atoms with E-state index in [-0.39, 0.29) is 6.09 Å². The average Bonchev–Trinajstić information content (AvgIpc) is 3.07. The van der Waals surface area contributed by atoms with Crippen LogP contribution in [0.4, 0.5) is 10.6 Å². The number of anilines is 1. The van der Waals surface area contributed by atoms with Gasteiger partial charge in [0.05, 0.1) is 23.2 Å². The minimum atomic E-state index is -0.258. The van der Waals surface area contributed by atoms with Gasteiger partial charge < -0.3 is 14.5 Å². The van der Waals surface area contributed by atoms with Crippen molar-refractivity contribution in [2.45, 2.75) is 13.8 Å². The molecular formula is C20H21N5O2. The second kappa shape index (κ2) is 6.80. The molecule has 0 aliphatic carbocycles. The van der Waals surface area contributed by atoms with Crippen LogP contribution in [0.1, 0.15) is 18.1 Å². The summed E-state index contributed by atoms with van der Waals surface area (Å²) in [6, 6.07) is 12.2. The van der Waals surface area contributed by atoms with Gasteiger partial charge in [0.25, 0.3) is 0 Å². The summed E-state index contributed by atoms with van der Waals surface area (Å²) in [4.78, 5) is 20.6. The third kappa shape index (κ3) is 2.83. The first-order valence-corrected chi connectivity index (χ1v) is 9.11. The molecule has 1 aliphatic heterocycles. The normalized spacial score (nSPS) is 14.6. The van der Waals surface area contributed by atoms with Crippen LogP contribution in [0.2, 0.25) is 0 Å². The maximum absolute atomic E-state index is 12.0. The molecule has 1 saturated heterocycles. The Morgan fingerprint density at radius 3 is 2.70 bits per heavy atom. The molecule has 3 heterocycles. The van der Waals surface area contributed by atoms with Gasteiger partial charge >= 0.3 is 6.09 Å². The van der Waals surface area contributed by atoms with Crippen LogP contribution in [0.3, 0.4) is 0 Å². The molecule has 2 aromatic heterocycles. The predicted molar refractivity (Wildman–Crippen MR) is 103 cm³/mol. The maximum atomic E-state index is 12.0. The van der Waals surface area contributed by atoms with Crippen molar-refractivity contribution in [1.82, 2.24) is 14.3 Å². The van der Waals surface area contributed by atoms with E-state index in [0.717, 1.165) is 22.4 Å². The number of fused-ring (bicyclic) bond motifs is 3. The topological polar surface area (TPSA) is 73.9 Å². The van der Waals surface area contributed by atoms with Crippen molar-refractivity contribution in [1.29, 1.82) is 5.26 Å². The first-order chi connectivity index (χ1) is 13.1. The van der Waals surface area contributed by atoms with E-state index < -0.39 is 0 Å². The Balaban J connectivity index is 1.77. The first kappa shape index (κ1) is 17.2. The fraction of sp³-hybridized carbons (Fsp3) is 0.350. The van der Waals surface area contributed by atoms with Gasteiger partial charge in [0.1, 0.15) is 11.9 Å². The van der Waals surface area contributed by atoms with Crippen LogP contribution in [-0.4, -0.2) is 53.2 Å². The molecule has 0 spiro atoms. The van der Waals surface area contributed by atoms with E-state index in [1.54, 1.807) is 4.90 Å². The Labute approximate surface area is 157 Å². The molecular weight excluding hydrogens is 342 g/mol. The van der Waals surface area contributed by atoms with Gasteiger partial charge in [-0.2, -0.15) is 5.26 Å². The number of aromatic nitrogens is 2. The number of pyridine rings is 1. The molecule has 7 heteroatoms. The lowest BCUT2D eigenvalue weighted by Crippen LogP contribution is -2.49. The maximum Gasteiger partial charge on any atom is 0.409 e. The summed E-state index contributed by atoms with van der Waals surface area (Å²) < 4.78 is 7.16. The van der Waals surface area contributed by atoms with Gasteiger partial charge in [0, 0.05) is 26.2 Å². The monoisotopic (exact) mass is 363 g/mol. The third-order valence-corrected chi connectivity index (χ3v) is 4.99. The molecule has 1 fully saturated rings. The number of carbonyl (C=O) groups excluding carboxylic acids is 1. The number of aryl methyl sites for hydroxylation is 1. The highest BCUT2D eigenvalue weighted by Crippen LogP contribution is 2.29. The zero-order valence-corrected chi connectivity index (χ0v) is 15.5. The van der Waals surface area contributed by atoms with Crippen LogP contribution in [0.15, 0.2) is 30.3 Å². The molecule has 0 bridgehead atoms. The number of benzene rings is 1. The Bertz CT molecular complexity index is 1060. The SMILES string of the molecule is CCOC(=O)N1CCN(c2cc(C)c(C#N)c3nc4ccccc4n23)CC1. The fourth-order valence-corrected chi connectivity index (χ4v) is 3.64. The van der Waals surface area contributed by atoms with E-state index in [1.165, 1.54) is 0 Å².